The number of pyridine rings is 1. The van der Waals surface area contributed by atoms with E-state index in [-0.39, 0.29) is 0 Å². The van der Waals surface area contributed by atoms with Gasteiger partial charge in [0.05, 0.1) is 12.8 Å². The Labute approximate surface area is 213 Å². The van der Waals surface area contributed by atoms with E-state index in [4.69, 9.17) is 14.5 Å². The number of nitrogens with zero attached hydrogens (tertiary/aromatic N) is 5. The molecule has 0 spiro atoms. The minimum atomic E-state index is 0.517. The smallest absolute Gasteiger partial charge is 0.213 e. The second kappa shape index (κ2) is 12.4. The van der Waals surface area contributed by atoms with Crippen molar-refractivity contribution in [3.05, 3.63) is 41.7 Å². The molecular formula is C27H39N7O2. The van der Waals surface area contributed by atoms with Crippen molar-refractivity contribution in [3.8, 4) is 5.88 Å². The summed E-state index contributed by atoms with van der Waals surface area (Å²) in [5, 5.41) is 11.5. The molecule has 5 rings (SSSR count). The third-order valence-corrected chi connectivity index (χ3v) is 7.15. The normalized spacial score (nSPS) is 17.0. The molecule has 0 bridgehead atoms. The lowest BCUT2D eigenvalue weighted by Crippen LogP contribution is -2.30. The number of hydrogen-bond donors (Lipinski definition) is 2. The van der Waals surface area contributed by atoms with Gasteiger partial charge >= 0.3 is 0 Å². The first-order valence-corrected chi connectivity index (χ1v) is 13.5. The highest BCUT2D eigenvalue weighted by molar-refractivity contribution is 5.61. The molecule has 3 aromatic heterocycles. The maximum Gasteiger partial charge on any atom is 0.213 e. The molecule has 0 radical (unpaired) electrons. The SMILES string of the molecule is CCc1cnn2c(NCc3ccc(OCCOCC4CCNCC4)nc3)cc(N3CCCCC3)nc12. The Hall–Kier alpha value is -2.91. The number of rotatable bonds is 11. The van der Waals surface area contributed by atoms with Gasteiger partial charge in [-0.05, 0) is 63.1 Å². The highest BCUT2D eigenvalue weighted by atomic mass is 16.5. The Morgan fingerprint density at radius 1 is 1.08 bits per heavy atom. The van der Waals surface area contributed by atoms with Crippen molar-refractivity contribution in [3.63, 3.8) is 0 Å². The number of nitrogens with one attached hydrogen (secondary N) is 2. The van der Waals surface area contributed by atoms with Crippen molar-refractivity contribution in [2.24, 2.45) is 5.92 Å². The Kier molecular flexibility index (Phi) is 8.51. The lowest BCUT2D eigenvalue weighted by molar-refractivity contribution is 0.0645. The summed E-state index contributed by atoms with van der Waals surface area (Å²) in [7, 11) is 0. The molecule has 0 amide bonds. The molecular weight excluding hydrogens is 454 g/mol. The molecule has 2 aliphatic rings. The van der Waals surface area contributed by atoms with Gasteiger partial charge < -0.3 is 25.0 Å². The zero-order chi connectivity index (χ0) is 24.6. The minimum Gasteiger partial charge on any atom is -0.475 e. The summed E-state index contributed by atoms with van der Waals surface area (Å²) in [5.74, 6) is 3.28. The molecule has 9 heteroatoms. The van der Waals surface area contributed by atoms with Gasteiger partial charge in [-0.2, -0.15) is 9.61 Å². The summed E-state index contributed by atoms with van der Waals surface area (Å²) in [6.45, 7) is 9.05. The summed E-state index contributed by atoms with van der Waals surface area (Å²) in [6.07, 6.45) is 10.8. The molecule has 2 fully saturated rings. The second-order valence-electron chi connectivity index (χ2n) is 9.78. The van der Waals surface area contributed by atoms with Crippen molar-refractivity contribution in [1.82, 2.24) is 24.9 Å². The van der Waals surface area contributed by atoms with E-state index in [2.05, 4.69) is 44.7 Å². The molecule has 0 atom stereocenters. The van der Waals surface area contributed by atoms with Crippen molar-refractivity contribution in [2.45, 2.75) is 52.0 Å². The van der Waals surface area contributed by atoms with Crippen LogP contribution in [0.15, 0.2) is 30.6 Å². The number of fused-ring (bicyclic) bond motifs is 1. The van der Waals surface area contributed by atoms with Crippen LogP contribution in [-0.2, 0) is 17.7 Å². The fraction of sp³-hybridized carbons (Fsp3) is 0.593. The molecule has 0 unspecified atom stereocenters. The predicted octanol–water partition coefficient (Wildman–Crippen LogP) is 3.68. The van der Waals surface area contributed by atoms with E-state index in [1.54, 1.807) is 0 Å². The van der Waals surface area contributed by atoms with Crippen LogP contribution >= 0.6 is 0 Å². The van der Waals surface area contributed by atoms with Gasteiger partial charge in [0.15, 0.2) is 5.65 Å². The first-order valence-electron chi connectivity index (χ1n) is 13.5. The van der Waals surface area contributed by atoms with Crippen LogP contribution in [0.4, 0.5) is 11.6 Å². The number of aromatic nitrogens is 4. The van der Waals surface area contributed by atoms with Crippen LogP contribution in [0.5, 0.6) is 5.88 Å². The lowest BCUT2D eigenvalue weighted by atomic mass is 9.99. The molecule has 5 heterocycles. The zero-order valence-electron chi connectivity index (χ0n) is 21.4. The Morgan fingerprint density at radius 2 is 1.94 bits per heavy atom. The highest BCUT2D eigenvalue weighted by Crippen LogP contribution is 2.25. The zero-order valence-corrected chi connectivity index (χ0v) is 21.4. The van der Waals surface area contributed by atoms with E-state index < -0.39 is 0 Å². The Bertz CT molecular complexity index is 1090. The Morgan fingerprint density at radius 3 is 2.72 bits per heavy atom. The number of aryl methyl sites for hydroxylation is 1. The quantitative estimate of drug-likeness (QED) is 0.391. The third-order valence-electron chi connectivity index (χ3n) is 7.15. The fourth-order valence-electron chi connectivity index (χ4n) is 4.95. The summed E-state index contributed by atoms with van der Waals surface area (Å²) in [5.41, 5.74) is 3.18. The van der Waals surface area contributed by atoms with E-state index in [1.165, 1.54) is 37.7 Å². The average molecular weight is 494 g/mol. The van der Waals surface area contributed by atoms with Gasteiger partial charge in [-0.25, -0.2) is 9.97 Å². The summed E-state index contributed by atoms with van der Waals surface area (Å²) >= 11 is 0. The van der Waals surface area contributed by atoms with Gasteiger partial charge in [-0.1, -0.05) is 13.0 Å². The van der Waals surface area contributed by atoms with E-state index in [0.717, 1.165) is 62.1 Å². The third kappa shape index (κ3) is 6.25. The largest absolute Gasteiger partial charge is 0.475 e. The second-order valence-corrected chi connectivity index (χ2v) is 9.78. The first-order chi connectivity index (χ1) is 17.8. The average Bonchev–Trinajstić information content (AvgIpc) is 3.36. The number of ether oxygens (including phenoxy) is 2. The van der Waals surface area contributed by atoms with Crippen LogP contribution in [0.25, 0.3) is 5.65 Å². The molecule has 36 heavy (non-hydrogen) atoms. The van der Waals surface area contributed by atoms with Gasteiger partial charge in [0.25, 0.3) is 0 Å². The molecule has 0 aromatic carbocycles. The summed E-state index contributed by atoms with van der Waals surface area (Å²) in [4.78, 5) is 11.8. The maximum absolute atomic E-state index is 5.80. The first kappa shape index (κ1) is 24.8. The van der Waals surface area contributed by atoms with Crippen molar-refractivity contribution < 1.29 is 9.47 Å². The molecule has 194 valence electrons. The highest BCUT2D eigenvalue weighted by Gasteiger charge is 2.17. The molecule has 0 aliphatic carbocycles. The Balaban J connectivity index is 1.15. The van der Waals surface area contributed by atoms with E-state index in [9.17, 15) is 0 Å². The number of piperidine rings is 2. The molecule has 3 aromatic rings. The van der Waals surface area contributed by atoms with Gasteiger partial charge in [0, 0.05) is 50.1 Å². The lowest BCUT2D eigenvalue weighted by Gasteiger charge is -2.28. The maximum atomic E-state index is 5.80. The van der Waals surface area contributed by atoms with E-state index in [0.29, 0.717) is 31.6 Å². The van der Waals surface area contributed by atoms with Crippen LogP contribution in [0.1, 0.15) is 50.2 Å². The summed E-state index contributed by atoms with van der Waals surface area (Å²) in [6, 6.07) is 6.10. The fourth-order valence-corrected chi connectivity index (χ4v) is 4.95. The molecule has 2 N–H and O–H groups in total. The number of hydrogen-bond acceptors (Lipinski definition) is 8. The van der Waals surface area contributed by atoms with Gasteiger partial charge in [0.2, 0.25) is 5.88 Å². The molecule has 0 saturated carbocycles. The molecule has 2 saturated heterocycles. The van der Waals surface area contributed by atoms with Crippen LogP contribution in [0, 0.1) is 5.92 Å². The van der Waals surface area contributed by atoms with Crippen LogP contribution < -0.4 is 20.3 Å². The predicted molar refractivity (Wildman–Crippen MR) is 142 cm³/mol. The van der Waals surface area contributed by atoms with Gasteiger partial charge in [-0.3, -0.25) is 0 Å². The number of anilines is 2. The molecule has 2 aliphatic heterocycles. The summed E-state index contributed by atoms with van der Waals surface area (Å²) < 4.78 is 13.5. The minimum absolute atomic E-state index is 0.517. The van der Waals surface area contributed by atoms with Crippen LogP contribution in [0.2, 0.25) is 0 Å². The van der Waals surface area contributed by atoms with Gasteiger partial charge in [0.1, 0.15) is 18.2 Å². The topological polar surface area (TPSA) is 88.8 Å². The van der Waals surface area contributed by atoms with Crippen molar-refractivity contribution in [1.29, 1.82) is 0 Å². The van der Waals surface area contributed by atoms with Crippen molar-refractivity contribution in [2.75, 3.05) is 56.2 Å². The molecule has 9 nitrogen and oxygen atoms in total. The monoisotopic (exact) mass is 493 g/mol. The van der Waals surface area contributed by atoms with Crippen LogP contribution in [0.3, 0.4) is 0 Å². The van der Waals surface area contributed by atoms with E-state index >= 15 is 0 Å². The standard InChI is InChI=1S/C27H39N7O2/c1-2-23-19-31-34-24(16-25(32-27(23)34)33-12-4-3-5-13-33)29-17-22-6-7-26(30-18-22)36-15-14-35-20-21-8-10-28-11-9-21/h6-7,16,18-19,21,28-29H,2-5,8-15,17,20H2,1H3. The van der Waals surface area contributed by atoms with E-state index in [1.807, 2.05) is 23.0 Å². The van der Waals surface area contributed by atoms with Crippen LogP contribution in [-0.4, -0.2) is 65.6 Å². The van der Waals surface area contributed by atoms with Crippen molar-refractivity contribution >= 4 is 17.3 Å². The van der Waals surface area contributed by atoms with Gasteiger partial charge in [-0.15, -0.1) is 0 Å².